The van der Waals surface area contributed by atoms with E-state index >= 15 is 0 Å². The molecule has 3 N–H and O–H groups in total. The van der Waals surface area contributed by atoms with Crippen LogP contribution in [0.3, 0.4) is 0 Å². The number of anilines is 1. The number of pyridine rings is 1. The van der Waals surface area contributed by atoms with Crippen LogP contribution >= 0.6 is 23.2 Å². The van der Waals surface area contributed by atoms with E-state index in [9.17, 15) is 22.8 Å². The minimum absolute atomic E-state index is 0.0177. The van der Waals surface area contributed by atoms with Crippen LogP contribution < -0.4 is 11.1 Å². The van der Waals surface area contributed by atoms with Crippen molar-refractivity contribution in [1.82, 2.24) is 29.8 Å². The molecule has 10 nitrogen and oxygen atoms in total. The van der Waals surface area contributed by atoms with Crippen molar-refractivity contribution in [3.05, 3.63) is 81.0 Å². The number of carbonyl (C=O) groups is 2. The Labute approximate surface area is 210 Å². The molecule has 0 aliphatic carbocycles. The Morgan fingerprint density at radius 1 is 1.17 bits per heavy atom. The first-order valence-electron chi connectivity index (χ1n) is 10.0. The largest absolute Gasteiger partial charge is 0.436 e. The maximum atomic E-state index is 13.3. The van der Waals surface area contributed by atoms with E-state index in [4.69, 9.17) is 28.9 Å². The lowest BCUT2D eigenvalue weighted by Crippen LogP contribution is -2.21. The summed E-state index contributed by atoms with van der Waals surface area (Å²) < 4.78 is 39.8. The molecule has 4 rings (SSSR count). The fourth-order valence-electron chi connectivity index (χ4n) is 3.29. The third kappa shape index (κ3) is 5.16. The molecule has 0 saturated carbocycles. The molecule has 1 aromatic carbocycles. The van der Waals surface area contributed by atoms with Crippen molar-refractivity contribution in [2.24, 2.45) is 5.73 Å². The molecule has 0 aliphatic heterocycles. The zero-order valence-electron chi connectivity index (χ0n) is 18.2. The number of nitrogens with zero attached hydrogens (tertiary/aromatic N) is 6. The van der Waals surface area contributed by atoms with Crippen LogP contribution in [-0.4, -0.2) is 41.6 Å². The summed E-state index contributed by atoms with van der Waals surface area (Å²) in [6.45, 7) is 1.33. The zero-order valence-corrected chi connectivity index (χ0v) is 19.7. The van der Waals surface area contributed by atoms with Crippen molar-refractivity contribution < 1.29 is 22.8 Å². The van der Waals surface area contributed by atoms with Gasteiger partial charge in [0.15, 0.2) is 11.5 Å². The summed E-state index contributed by atoms with van der Waals surface area (Å²) in [5.41, 5.74) is 4.89. The van der Waals surface area contributed by atoms with Crippen LogP contribution in [0, 0.1) is 6.92 Å². The standard InChI is InChI=1S/C21H15Cl2F3N8O2/c1-10-5-11(22)6-13(18(27)35)17(10)30-20(36)15-7-12(9-33-29-8-16(32-33)21(24,25)26)31-34(15)19-14(23)3-2-4-28-19/h2-8H,9H2,1H3,(H2,27,35)(H,30,36). The van der Waals surface area contributed by atoms with Gasteiger partial charge in [-0.15, -0.1) is 5.10 Å². The van der Waals surface area contributed by atoms with E-state index in [1.165, 1.54) is 30.5 Å². The molecule has 0 atom stereocenters. The number of rotatable bonds is 6. The predicted molar refractivity (Wildman–Crippen MR) is 123 cm³/mol. The van der Waals surface area contributed by atoms with E-state index in [2.05, 4.69) is 25.6 Å². The molecule has 0 aliphatic rings. The quantitative estimate of drug-likeness (QED) is 0.382. The summed E-state index contributed by atoms with van der Waals surface area (Å²) in [6.07, 6.45) is -2.67. The molecular weight excluding hydrogens is 524 g/mol. The van der Waals surface area contributed by atoms with Gasteiger partial charge in [-0.25, -0.2) is 9.67 Å². The number of carbonyl (C=O) groups excluding carboxylic acids is 2. The number of halogens is 5. The molecule has 186 valence electrons. The second kappa shape index (κ2) is 9.59. The van der Waals surface area contributed by atoms with Crippen LogP contribution in [0.15, 0.2) is 42.7 Å². The molecule has 3 aromatic heterocycles. The fraction of sp³-hybridized carbons (Fsp3) is 0.143. The third-order valence-corrected chi connectivity index (χ3v) is 5.38. The van der Waals surface area contributed by atoms with Gasteiger partial charge in [-0.3, -0.25) is 9.59 Å². The Bertz CT molecular complexity index is 1480. The monoisotopic (exact) mass is 538 g/mol. The van der Waals surface area contributed by atoms with Gasteiger partial charge in [0.05, 0.1) is 28.2 Å². The molecule has 4 aromatic rings. The lowest BCUT2D eigenvalue weighted by molar-refractivity contribution is -0.141. The van der Waals surface area contributed by atoms with Crippen molar-refractivity contribution in [2.75, 3.05) is 5.32 Å². The van der Waals surface area contributed by atoms with Gasteiger partial charge >= 0.3 is 6.18 Å². The maximum absolute atomic E-state index is 13.3. The number of amides is 2. The van der Waals surface area contributed by atoms with Gasteiger partial charge in [-0.2, -0.15) is 28.2 Å². The highest BCUT2D eigenvalue weighted by molar-refractivity contribution is 6.32. The van der Waals surface area contributed by atoms with Gasteiger partial charge in [0.1, 0.15) is 12.2 Å². The van der Waals surface area contributed by atoms with E-state index in [0.29, 0.717) is 11.8 Å². The Hall–Kier alpha value is -3.97. The van der Waals surface area contributed by atoms with Crippen LogP contribution in [0.5, 0.6) is 0 Å². The molecule has 36 heavy (non-hydrogen) atoms. The highest BCUT2D eigenvalue weighted by atomic mass is 35.5. The van der Waals surface area contributed by atoms with E-state index in [-0.39, 0.29) is 45.0 Å². The van der Waals surface area contributed by atoms with Gasteiger partial charge in [-0.05, 0) is 42.8 Å². The molecule has 15 heteroatoms. The lowest BCUT2D eigenvalue weighted by Gasteiger charge is -2.13. The Morgan fingerprint density at radius 3 is 2.56 bits per heavy atom. The maximum Gasteiger partial charge on any atom is 0.436 e. The smallest absolute Gasteiger partial charge is 0.366 e. The number of primary amides is 1. The number of alkyl halides is 3. The number of aryl methyl sites for hydroxylation is 1. The minimum Gasteiger partial charge on any atom is -0.366 e. The SMILES string of the molecule is Cc1cc(Cl)cc(C(N)=O)c1NC(=O)c1cc(Cn2ncc(C(F)(F)F)n2)nn1-c1ncccc1Cl. The van der Waals surface area contributed by atoms with Crippen molar-refractivity contribution in [1.29, 1.82) is 0 Å². The van der Waals surface area contributed by atoms with Crippen LogP contribution in [0.25, 0.3) is 5.82 Å². The first kappa shape index (κ1) is 25.1. The van der Waals surface area contributed by atoms with Crippen molar-refractivity contribution in [3.63, 3.8) is 0 Å². The van der Waals surface area contributed by atoms with Crippen LogP contribution in [0.2, 0.25) is 10.0 Å². The molecule has 0 saturated heterocycles. The second-order valence-corrected chi connectivity index (χ2v) is 8.31. The molecule has 0 bridgehead atoms. The highest BCUT2D eigenvalue weighted by Gasteiger charge is 2.34. The van der Waals surface area contributed by atoms with Crippen LogP contribution in [0.1, 0.15) is 37.8 Å². The molecule has 2 amide bonds. The summed E-state index contributed by atoms with van der Waals surface area (Å²) >= 11 is 12.3. The molecule has 0 fully saturated rings. The second-order valence-electron chi connectivity index (χ2n) is 7.46. The van der Waals surface area contributed by atoms with Gasteiger partial charge in [0.2, 0.25) is 0 Å². The van der Waals surface area contributed by atoms with Gasteiger partial charge < -0.3 is 11.1 Å². The average molecular weight is 539 g/mol. The topological polar surface area (TPSA) is 134 Å². The number of nitrogens with two attached hydrogens (primary N) is 1. The molecule has 3 heterocycles. The normalized spacial score (nSPS) is 11.5. The van der Waals surface area contributed by atoms with Gasteiger partial charge in [0.25, 0.3) is 11.8 Å². The van der Waals surface area contributed by atoms with Crippen molar-refractivity contribution in [2.45, 2.75) is 19.6 Å². The van der Waals surface area contributed by atoms with Gasteiger partial charge in [0, 0.05) is 11.2 Å². The first-order valence-corrected chi connectivity index (χ1v) is 10.8. The Kier molecular flexibility index (Phi) is 6.69. The third-order valence-electron chi connectivity index (χ3n) is 4.87. The van der Waals surface area contributed by atoms with Crippen molar-refractivity contribution >= 4 is 40.7 Å². The summed E-state index contributed by atoms with van der Waals surface area (Å²) in [6, 6.07) is 7.24. The number of benzene rings is 1. The number of aromatic nitrogens is 6. The predicted octanol–water partition coefficient (Wildman–Crippen LogP) is 3.89. The lowest BCUT2D eigenvalue weighted by atomic mass is 10.1. The number of nitrogens with one attached hydrogen (secondary N) is 1. The minimum atomic E-state index is -4.67. The fourth-order valence-corrected chi connectivity index (χ4v) is 3.77. The van der Waals surface area contributed by atoms with Crippen molar-refractivity contribution in [3.8, 4) is 5.82 Å². The Morgan fingerprint density at radius 2 is 1.92 bits per heavy atom. The number of hydrogen-bond acceptors (Lipinski definition) is 6. The van der Waals surface area contributed by atoms with Crippen LogP contribution in [0.4, 0.5) is 18.9 Å². The van der Waals surface area contributed by atoms with Crippen LogP contribution in [-0.2, 0) is 12.7 Å². The zero-order chi connectivity index (χ0) is 26.2. The molecule has 0 unspecified atom stereocenters. The summed E-state index contributed by atoms with van der Waals surface area (Å²) in [5.74, 6) is -1.46. The highest BCUT2D eigenvalue weighted by Crippen LogP contribution is 2.28. The summed E-state index contributed by atoms with van der Waals surface area (Å²) in [4.78, 5) is 30.2. The van der Waals surface area contributed by atoms with E-state index in [0.717, 1.165) is 9.48 Å². The number of hydrogen-bond donors (Lipinski definition) is 2. The first-order chi connectivity index (χ1) is 16.9. The molecular formula is C21H15Cl2F3N8O2. The average Bonchev–Trinajstić information content (AvgIpc) is 3.43. The Balaban J connectivity index is 1.75. The van der Waals surface area contributed by atoms with Gasteiger partial charge in [-0.1, -0.05) is 23.2 Å². The summed E-state index contributed by atoms with van der Waals surface area (Å²) in [7, 11) is 0. The molecule has 0 spiro atoms. The van der Waals surface area contributed by atoms with E-state index in [1.54, 1.807) is 13.0 Å². The van der Waals surface area contributed by atoms with E-state index < -0.39 is 23.7 Å². The molecule has 0 radical (unpaired) electrons. The van der Waals surface area contributed by atoms with E-state index in [1.807, 2.05) is 0 Å². The summed E-state index contributed by atoms with van der Waals surface area (Å²) in [5, 5.41) is 14.3.